The highest BCUT2D eigenvalue weighted by Crippen LogP contribution is 2.21. The number of carbonyl (C=O) groups is 1. The van der Waals surface area contributed by atoms with Crippen LogP contribution in [0, 0.1) is 5.41 Å². The Hall–Kier alpha value is -2.44. The van der Waals surface area contributed by atoms with Crippen LogP contribution in [-0.2, 0) is 4.79 Å². The van der Waals surface area contributed by atoms with E-state index in [1.807, 2.05) is 56.0 Å². The highest BCUT2D eigenvalue weighted by atomic mass is 16.2. The van der Waals surface area contributed by atoms with Crippen molar-refractivity contribution in [1.82, 2.24) is 25.1 Å². The van der Waals surface area contributed by atoms with Crippen molar-refractivity contribution in [1.29, 1.82) is 0 Å². The van der Waals surface area contributed by atoms with Gasteiger partial charge in [-0.3, -0.25) is 4.79 Å². The molecule has 0 unspecified atom stereocenters. The minimum Gasteiger partial charge on any atom is -0.340 e. The van der Waals surface area contributed by atoms with Gasteiger partial charge in [0.15, 0.2) is 0 Å². The van der Waals surface area contributed by atoms with Crippen LogP contribution in [0.2, 0.25) is 0 Å². The van der Waals surface area contributed by atoms with Gasteiger partial charge in [-0.2, -0.15) is 4.68 Å². The van der Waals surface area contributed by atoms with E-state index >= 15 is 0 Å². The second-order valence-electron chi connectivity index (χ2n) is 7.11. The first-order chi connectivity index (χ1) is 11.5. The molecule has 1 aromatic heterocycles. The van der Waals surface area contributed by atoms with E-state index in [0.717, 1.165) is 37.7 Å². The summed E-state index contributed by atoms with van der Waals surface area (Å²) < 4.78 is 1.75. The average molecular weight is 328 g/mol. The van der Waals surface area contributed by atoms with Crippen LogP contribution in [0.1, 0.15) is 27.2 Å². The number of aromatic nitrogens is 4. The summed E-state index contributed by atoms with van der Waals surface area (Å²) in [6, 6.07) is 9.86. The maximum atomic E-state index is 12.5. The maximum absolute atomic E-state index is 12.5. The molecule has 128 valence electrons. The summed E-state index contributed by atoms with van der Waals surface area (Å²) in [6.07, 6.45) is 0.906. The second-order valence-corrected chi connectivity index (χ2v) is 7.11. The fourth-order valence-corrected chi connectivity index (χ4v) is 2.91. The predicted octanol–water partition coefficient (Wildman–Crippen LogP) is 1.75. The lowest BCUT2D eigenvalue weighted by molar-refractivity contribution is -0.139. The lowest BCUT2D eigenvalue weighted by Crippen LogP contribution is -2.41. The molecule has 0 radical (unpaired) electrons. The lowest BCUT2D eigenvalue weighted by atomic mass is 9.94. The monoisotopic (exact) mass is 328 g/mol. The van der Waals surface area contributed by atoms with Crippen molar-refractivity contribution in [3.8, 4) is 5.69 Å². The molecular weight excluding hydrogens is 304 g/mol. The van der Waals surface area contributed by atoms with Gasteiger partial charge in [-0.05, 0) is 29.0 Å². The van der Waals surface area contributed by atoms with Gasteiger partial charge in [-0.15, -0.1) is 0 Å². The third-order valence-corrected chi connectivity index (χ3v) is 4.16. The standard InChI is InChI=1S/C17H24N6O/c1-17(2,3)15(24)21-10-7-11-22(13-12-21)16-18-19-20-23(16)14-8-5-4-6-9-14/h4-6,8-9H,7,10-13H2,1-3H3. The topological polar surface area (TPSA) is 67.2 Å². The van der Waals surface area contributed by atoms with Gasteiger partial charge in [0.05, 0.1) is 5.69 Å². The van der Waals surface area contributed by atoms with Crippen molar-refractivity contribution in [2.45, 2.75) is 27.2 Å². The summed E-state index contributed by atoms with van der Waals surface area (Å²) in [4.78, 5) is 16.6. The molecule has 1 aliphatic rings. The predicted molar refractivity (Wildman–Crippen MR) is 92.0 cm³/mol. The molecule has 7 nitrogen and oxygen atoms in total. The summed E-state index contributed by atoms with van der Waals surface area (Å²) in [5.41, 5.74) is 0.588. The Morgan fingerprint density at radius 3 is 2.50 bits per heavy atom. The summed E-state index contributed by atoms with van der Waals surface area (Å²) in [7, 11) is 0. The van der Waals surface area contributed by atoms with Crippen LogP contribution in [0.25, 0.3) is 5.69 Å². The number of hydrogen-bond donors (Lipinski definition) is 0. The number of carbonyl (C=O) groups excluding carboxylic acids is 1. The number of nitrogens with zero attached hydrogens (tertiary/aromatic N) is 6. The molecule has 2 aromatic rings. The molecule has 2 heterocycles. The van der Waals surface area contributed by atoms with Gasteiger partial charge in [-0.1, -0.05) is 44.1 Å². The van der Waals surface area contributed by atoms with Crippen molar-refractivity contribution >= 4 is 11.9 Å². The molecule has 0 bridgehead atoms. The Bertz CT molecular complexity index is 691. The van der Waals surface area contributed by atoms with E-state index in [-0.39, 0.29) is 11.3 Å². The Morgan fingerprint density at radius 2 is 1.79 bits per heavy atom. The molecule has 1 aliphatic heterocycles. The largest absolute Gasteiger partial charge is 0.340 e. The minimum absolute atomic E-state index is 0.201. The first-order valence-electron chi connectivity index (χ1n) is 8.35. The number of benzene rings is 1. The van der Waals surface area contributed by atoms with Gasteiger partial charge >= 0.3 is 0 Å². The third kappa shape index (κ3) is 3.39. The van der Waals surface area contributed by atoms with Crippen LogP contribution in [0.3, 0.4) is 0 Å². The molecule has 1 fully saturated rings. The van der Waals surface area contributed by atoms with E-state index in [9.17, 15) is 4.79 Å². The van der Waals surface area contributed by atoms with Crippen molar-refractivity contribution in [3.05, 3.63) is 30.3 Å². The smallest absolute Gasteiger partial charge is 0.250 e. The van der Waals surface area contributed by atoms with Crippen LogP contribution in [0.15, 0.2) is 30.3 Å². The summed E-state index contributed by atoms with van der Waals surface area (Å²) in [5, 5.41) is 12.2. The van der Waals surface area contributed by atoms with Gasteiger partial charge in [-0.25, -0.2) is 0 Å². The minimum atomic E-state index is -0.346. The molecule has 1 aromatic carbocycles. The summed E-state index contributed by atoms with van der Waals surface area (Å²) in [6.45, 7) is 8.93. The Kier molecular flexibility index (Phi) is 4.51. The lowest BCUT2D eigenvalue weighted by Gasteiger charge is -2.28. The summed E-state index contributed by atoms with van der Waals surface area (Å²) >= 11 is 0. The first-order valence-corrected chi connectivity index (χ1v) is 8.35. The zero-order valence-corrected chi connectivity index (χ0v) is 14.5. The summed E-state index contributed by atoms with van der Waals surface area (Å²) in [5.74, 6) is 0.929. The van der Waals surface area contributed by atoms with E-state index < -0.39 is 0 Å². The van der Waals surface area contributed by atoms with E-state index in [1.54, 1.807) is 4.68 Å². The highest BCUT2D eigenvalue weighted by Gasteiger charge is 2.29. The molecule has 3 rings (SSSR count). The van der Waals surface area contributed by atoms with Crippen LogP contribution in [-0.4, -0.2) is 57.2 Å². The fourth-order valence-electron chi connectivity index (χ4n) is 2.91. The molecule has 7 heteroatoms. The molecule has 0 aliphatic carbocycles. The van der Waals surface area contributed by atoms with Crippen LogP contribution < -0.4 is 4.90 Å². The first kappa shape index (κ1) is 16.4. The maximum Gasteiger partial charge on any atom is 0.250 e. The van der Waals surface area contributed by atoms with Crippen molar-refractivity contribution in [3.63, 3.8) is 0 Å². The number of tetrazole rings is 1. The molecule has 1 amide bonds. The number of hydrogen-bond acceptors (Lipinski definition) is 5. The van der Waals surface area contributed by atoms with Crippen molar-refractivity contribution < 1.29 is 4.79 Å². The van der Waals surface area contributed by atoms with Gasteiger partial charge in [0, 0.05) is 31.6 Å². The van der Waals surface area contributed by atoms with Crippen LogP contribution in [0.4, 0.5) is 5.95 Å². The molecule has 0 atom stereocenters. The number of para-hydroxylation sites is 1. The number of rotatable bonds is 2. The zero-order chi connectivity index (χ0) is 17.2. The van der Waals surface area contributed by atoms with Crippen LogP contribution >= 0.6 is 0 Å². The Morgan fingerprint density at radius 1 is 1.04 bits per heavy atom. The fraction of sp³-hybridized carbons (Fsp3) is 0.529. The Labute approximate surface area is 142 Å². The van der Waals surface area contributed by atoms with Gasteiger partial charge in [0.25, 0.3) is 0 Å². The molecule has 1 saturated heterocycles. The van der Waals surface area contributed by atoms with Crippen molar-refractivity contribution in [2.24, 2.45) is 5.41 Å². The Balaban J connectivity index is 1.76. The van der Waals surface area contributed by atoms with Gasteiger partial charge in [0.2, 0.25) is 11.9 Å². The normalized spacial score (nSPS) is 16.1. The second kappa shape index (κ2) is 6.59. The quantitative estimate of drug-likeness (QED) is 0.840. The molecular formula is C17H24N6O. The van der Waals surface area contributed by atoms with Crippen molar-refractivity contribution in [2.75, 3.05) is 31.1 Å². The van der Waals surface area contributed by atoms with E-state index in [4.69, 9.17) is 0 Å². The molecule has 0 saturated carbocycles. The van der Waals surface area contributed by atoms with Gasteiger partial charge in [0.1, 0.15) is 0 Å². The van der Waals surface area contributed by atoms with Crippen LogP contribution in [0.5, 0.6) is 0 Å². The van der Waals surface area contributed by atoms with E-state index in [2.05, 4.69) is 20.4 Å². The number of anilines is 1. The SMILES string of the molecule is CC(C)(C)C(=O)N1CCCN(c2nnnn2-c2ccccc2)CC1. The van der Waals surface area contributed by atoms with E-state index in [0.29, 0.717) is 6.54 Å². The third-order valence-electron chi connectivity index (χ3n) is 4.16. The molecule has 0 N–H and O–H groups in total. The average Bonchev–Trinajstić information content (AvgIpc) is 2.92. The highest BCUT2D eigenvalue weighted by molar-refractivity contribution is 5.81. The van der Waals surface area contributed by atoms with E-state index in [1.165, 1.54) is 0 Å². The zero-order valence-electron chi connectivity index (χ0n) is 14.5. The molecule has 24 heavy (non-hydrogen) atoms. The molecule has 0 spiro atoms. The number of amides is 1. The van der Waals surface area contributed by atoms with Gasteiger partial charge < -0.3 is 9.80 Å².